The van der Waals surface area contributed by atoms with Crippen LogP contribution in [0.5, 0.6) is 0 Å². The highest BCUT2D eigenvalue weighted by atomic mass is 32.1. The highest BCUT2D eigenvalue weighted by Crippen LogP contribution is 2.26. The summed E-state index contributed by atoms with van der Waals surface area (Å²) in [6, 6.07) is 6.54. The molecule has 1 saturated heterocycles. The van der Waals surface area contributed by atoms with Crippen molar-refractivity contribution in [1.29, 1.82) is 0 Å². The van der Waals surface area contributed by atoms with Gasteiger partial charge in [0.2, 0.25) is 0 Å². The molecule has 1 aromatic heterocycles. The highest BCUT2D eigenvalue weighted by Gasteiger charge is 2.15. The molecule has 2 aromatic rings. The molecule has 3 rings (SSSR count). The van der Waals surface area contributed by atoms with Crippen molar-refractivity contribution in [2.24, 2.45) is 5.92 Å². The molecule has 1 fully saturated rings. The Morgan fingerprint density at radius 1 is 1.47 bits per heavy atom. The van der Waals surface area contributed by atoms with Crippen LogP contribution < -0.4 is 5.32 Å². The normalized spacial score (nSPS) is 20.9. The van der Waals surface area contributed by atoms with Gasteiger partial charge in [0.1, 0.15) is 0 Å². The number of aromatic nitrogens is 1. The minimum Gasteiger partial charge on any atom is -0.316 e. The molecule has 3 heteroatoms. The lowest BCUT2D eigenvalue weighted by Gasteiger charge is -2.21. The van der Waals surface area contributed by atoms with Crippen molar-refractivity contribution in [3.63, 3.8) is 0 Å². The maximum absolute atomic E-state index is 4.74. The fourth-order valence-corrected chi connectivity index (χ4v) is 3.69. The Kier molecular flexibility index (Phi) is 3.12. The number of hydrogen-bond acceptors (Lipinski definition) is 3. The summed E-state index contributed by atoms with van der Waals surface area (Å²) in [5.74, 6) is 0.783. The molecule has 1 aliphatic rings. The number of thiazole rings is 1. The molecular formula is C14H18N2S. The second-order valence-corrected chi connectivity index (χ2v) is 6.11. The van der Waals surface area contributed by atoms with Crippen LogP contribution in [0.15, 0.2) is 18.2 Å². The molecule has 1 unspecified atom stereocenters. The molecular weight excluding hydrogens is 228 g/mol. The van der Waals surface area contributed by atoms with Crippen molar-refractivity contribution in [2.45, 2.75) is 26.2 Å². The number of hydrogen-bond donors (Lipinski definition) is 1. The Morgan fingerprint density at radius 3 is 3.24 bits per heavy atom. The molecule has 0 spiro atoms. The number of benzene rings is 1. The van der Waals surface area contributed by atoms with Crippen molar-refractivity contribution in [3.05, 3.63) is 28.8 Å². The predicted molar refractivity (Wildman–Crippen MR) is 73.7 cm³/mol. The zero-order chi connectivity index (χ0) is 11.7. The average molecular weight is 246 g/mol. The van der Waals surface area contributed by atoms with Gasteiger partial charge in [-0.15, -0.1) is 11.3 Å². The van der Waals surface area contributed by atoms with Crippen LogP contribution in [0.3, 0.4) is 0 Å². The number of fused-ring (bicyclic) bond motifs is 1. The molecule has 0 amide bonds. The molecule has 1 aromatic carbocycles. The minimum absolute atomic E-state index is 0.783. The Morgan fingerprint density at radius 2 is 2.41 bits per heavy atom. The number of nitrogens with zero attached hydrogens (tertiary/aromatic N) is 1. The molecule has 17 heavy (non-hydrogen) atoms. The second kappa shape index (κ2) is 4.75. The SMILES string of the molecule is Cc1ccc2nc(CC3CCCNC3)sc2c1. The fraction of sp³-hybridized carbons (Fsp3) is 0.500. The van der Waals surface area contributed by atoms with E-state index in [4.69, 9.17) is 4.98 Å². The molecule has 0 bridgehead atoms. The molecule has 1 N–H and O–H groups in total. The van der Waals surface area contributed by atoms with Crippen LogP contribution in [0.1, 0.15) is 23.4 Å². The largest absolute Gasteiger partial charge is 0.316 e. The first kappa shape index (κ1) is 11.2. The van der Waals surface area contributed by atoms with Crippen molar-refractivity contribution in [2.75, 3.05) is 13.1 Å². The van der Waals surface area contributed by atoms with Gasteiger partial charge in [-0.1, -0.05) is 6.07 Å². The van der Waals surface area contributed by atoms with Gasteiger partial charge >= 0.3 is 0 Å². The van der Waals surface area contributed by atoms with E-state index in [2.05, 4.69) is 30.4 Å². The van der Waals surface area contributed by atoms with E-state index in [1.807, 2.05) is 11.3 Å². The van der Waals surface area contributed by atoms with Gasteiger partial charge in [-0.3, -0.25) is 0 Å². The summed E-state index contributed by atoms with van der Waals surface area (Å²) in [7, 11) is 0. The summed E-state index contributed by atoms with van der Waals surface area (Å²) < 4.78 is 1.34. The fourth-order valence-electron chi connectivity index (χ4n) is 2.51. The van der Waals surface area contributed by atoms with Gasteiger partial charge < -0.3 is 5.32 Å². The van der Waals surface area contributed by atoms with Gasteiger partial charge in [-0.2, -0.15) is 0 Å². The predicted octanol–water partition coefficient (Wildman–Crippen LogP) is 3.15. The Labute approximate surface area is 106 Å². The molecule has 2 heterocycles. The van der Waals surface area contributed by atoms with Gasteiger partial charge in [0, 0.05) is 6.42 Å². The summed E-state index contributed by atoms with van der Waals surface area (Å²) in [5.41, 5.74) is 2.49. The summed E-state index contributed by atoms with van der Waals surface area (Å²) in [6.45, 7) is 4.49. The van der Waals surface area contributed by atoms with E-state index >= 15 is 0 Å². The van der Waals surface area contributed by atoms with Gasteiger partial charge in [-0.25, -0.2) is 4.98 Å². The molecule has 0 saturated carbocycles. The van der Waals surface area contributed by atoms with Crippen LogP contribution in [0.25, 0.3) is 10.2 Å². The number of aryl methyl sites for hydroxylation is 1. The Balaban J connectivity index is 1.80. The summed E-state index contributed by atoms with van der Waals surface area (Å²) in [5, 5.41) is 4.78. The topological polar surface area (TPSA) is 24.9 Å². The maximum Gasteiger partial charge on any atom is 0.0941 e. The van der Waals surface area contributed by atoms with Crippen LogP contribution >= 0.6 is 11.3 Å². The van der Waals surface area contributed by atoms with E-state index in [0.29, 0.717) is 0 Å². The molecule has 1 atom stereocenters. The quantitative estimate of drug-likeness (QED) is 0.880. The highest BCUT2D eigenvalue weighted by molar-refractivity contribution is 7.18. The van der Waals surface area contributed by atoms with E-state index in [-0.39, 0.29) is 0 Å². The summed E-state index contributed by atoms with van der Waals surface area (Å²) in [4.78, 5) is 4.74. The van der Waals surface area contributed by atoms with Crippen LogP contribution in [0, 0.1) is 12.8 Å². The van der Waals surface area contributed by atoms with Gasteiger partial charge in [0.05, 0.1) is 15.2 Å². The maximum atomic E-state index is 4.74. The Bertz CT molecular complexity index is 512. The third-order valence-corrected chi connectivity index (χ3v) is 4.49. The van der Waals surface area contributed by atoms with Crippen molar-refractivity contribution < 1.29 is 0 Å². The van der Waals surface area contributed by atoms with Gasteiger partial charge in [0.25, 0.3) is 0 Å². The molecule has 90 valence electrons. The molecule has 2 nitrogen and oxygen atoms in total. The van der Waals surface area contributed by atoms with E-state index < -0.39 is 0 Å². The van der Waals surface area contributed by atoms with Gasteiger partial charge in [0.15, 0.2) is 0 Å². The number of nitrogens with one attached hydrogen (secondary N) is 1. The van der Waals surface area contributed by atoms with Crippen LogP contribution in [0.2, 0.25) is 0 Å². The number of piperidine rings is 1. The Hall–Kier alpha value is -0.930. The lowest BCUT2D eigenvalue weighted by atomic mass is 9.97. The number of rotatable bonds is 2. The third-order valence-electron chi connectivity index (χ3n) is 3.45. The van der Waals surface area contributed by atoms with Crippen LogP contribution in [-0.2, 0) is 6.42 Å². The van der Waals surface area contributed by atoms with Crippen LogP contribution in [-0.4, -0.2) is 18.1 Å². The van der Waals surface area contributed by atoms with Crippen molar-refractivity contribution >= 4 is 21.6 Å². The van der Waals surface area contributed by atoms with E-state index in [0.717, 1.165) is 18.9 Å². The zero-order valence-electron chi connectivity index (χ0n) is 10.2. The van der Waals surface area contributed by atoms with E-state index in [1.54, 1.807) is 0 Å². The first-order valence-electron chi connectivity index (χ1n) is 6.38. The van der Waals surface area contributed by atoms with Crippen LogP contribution in [0.4, 0.5) is 0 Å². The average Bonchev–Trinajstić information content (AvgIpc) is 2.71. The van der Waals surface area contributed by atoms with Crippen molar-refractivity contribution in [3.8, 4) is 0 Å². The first-order valence-corrected chi connectivity index (χ1v) is 7.20. The van der Waals surface area contributed by atoms with E-state index in [9.17, 15) is 0 Å². The smallest absolute Gasteiger partial charge is 0.0941 e. The van der Waals surface area contributed by atoms with Crippen molar-refractivity contribution in [1.82, 2.24) is 10.3 Å². The lowest BCUT2D eigenvalue weighted by molar-refractivity contribution is 0.376. The summed E-state index contributed by atoms with van der Waals surface area (Å²) in [6.07, 6.45) is 3.81. The lowest BCUT2D eigenvalue weighted by Crippen LogP contribution is -2.30. The second-order valence-electron chi connectivity index (χ2n) is 5.00. The third kappa shape index (κ3) is 2.50. The summed E-state index contributed by atoms with van der Waals surface area (Å²) >= 11 is 1.87. The monoisotopic (exact) mass is 246 g/mol. The molecule has 0 aliphatic carbocycles. The minimum atomic E-state index is 0.783. The molecule has 1 aliphatic heterocycles. The van der Waals surface area contributed by atoms with Gasteiger partial charge in [-0.05, 0) is 56.5 Å². The molecule has 0 radical (unpaired) electrons. The zero-order valence-corrected chi connectivity index (χ0v) is 11.0. The standard InChI is InChI=1S/C14H18N2S/c1-10-4-5-12-13(7-10)17-14(16-12)8-11-3-2-6-15-9-11/h4-5,7,11,15H,2-3,6,8-9H2,1H3. The first-order chi connectivity index (χ1) is 8.31. The van der Waals surface area contributed by atoms with E-state index in [1.165, 1.54) is 40.2 Å².